The number of benzene rings is 1. The number of carbonyl (C=O) groups is 2. The Labute approximate surface area is 158 Å². The predicted octanol–water partition coefficient (Wildman–Crippen LogP) is 2.47. The van der Waals surface area contributed by atoms with E-state index in [1.165, 1.54) is 0 Å². The molecule has 1 fully saturated rings. The van der Waals surface area contributed by atoms with Gasteiger partial charge in [-0.3, -0.25) is 9.59 Å². The Bertz CT molecular complexity index is 757. The van der Waals surface area contributed by atoms with Crippen LogP contribution in [0.5, 0.6) is 11.5 Å². The van der Waals surface area contributed by atoms with Crippen molar-refractivity contribution in [2.75, 3.05) is 27.3 Å². The van der Waals surface area contributed by atoms with Gasteiger partial charge in [-0.05, 0) is 31.0 Å². The van der Waals surface area contributed by atoms with E-state index in [0.717, 1.165) is 5.56 Å². The van der Waals surface area contributed by atoms with E-state index in [1.54, 1.807) is 49.8 Å². The molecule has 0 unspecified atom stereocenters. The zero-order valence-corrected chi connectivity index (χ0v) is 15.6. The number of furan rings is 1. The number of hydrogen-bond donors (Lipinski definition) is 1. The maximum Gasteiger partial charge on any atom is 0.254 e. The van der Waals surface area contributed by atoms with Crippen molar-refractivity contribution in [2.45, 2.75) is 19.4 Å². The van der Waals surface area contributed by atoms with E-state index in [9.17, 15) is 9.59 Å². The Morgan fingerprint density at radius 2 is 1.81 bits per heavy atom. The first-order chi connectivity index (χ1) is 13.1. The van der Waals surface area contributed by atoms with Gasteiger partial charge in [0.25, 0.3) is 5.91 Å². The van der Waals surface area contributed by atoms with Crippen molar-refractivity contribution in [3.63, 3.8) is 0 Å². The first kappa shape index (κ1) is 18.8. The van der Waals surface area contributed by atoms with Crippen LogP contribution in [0.25, 0.3) is 0 Å². The van der Waals surface area contributed by atoms with Crippen molar-refractivity contribution >= 4 is 11.8 Å². The maximum atomic E-state index is 12.8. The predicted molar refractivity (Wildman–Crippen MR) is 98.7 cm³/mol. The first-order valence-corrected chi connectivity index (χ1v) is 8.92. The molecule has 2 heterocycles. The molecule has 27 heavy (non-hydrogen) atoms. The van der Waals surface area contributed by atoms with E-state index >= 15 is 0 Å². The van der Waals surface area contributed by atoms with Crippen LogP contribution in [0.1, 0.15) is 28.8 Å². The third-order valence-electron chi connectivity index (χ3n) is 4.80. The van der Waals surface area contributed by atoms with Crippen LogP contribution in [0.4, 0.5) is 0 Å². The summed E-state index contributed by atoms with van der Waals surface area (Å²) in [4.78, 5) is 26.9. The zero-order chi connectivity index (χ0) is 19.2. The number of carbonyl (C=O) groups excluding carboxylic acids is 2. The second-order valence-corrected chi connectivity index (χ2v) is 6.52. The summed E-state index contributed by atoms with van der Waals surface area (Å²) < 4.78 is 15.5. The SMILES string of the molecule is COc1cc(OC)cc(C(=O)N2CCC(C(=O)NCc3ccoc3)CC2)c1. The summed E-state index contributed by atoms with van der Waals surface area (Å²) in [6, 6.07) is 6.96. The van der Waals surface area contributed by atoms with Crippen molar-refractivity contribution in [1.82, 2.24) is 10.2 Å². The minimum absolute atomic E-state index is 0.0198. The van der Waals surface area contributed by atoms with Gasteiger partial charge in [-0.25, -0.2) is 0 Å². The highest BCUT2D eigenvalue weighted by molar-refractivity contribution is 5.95. The standard InChI is InChI=1S/C20H24N2O5/c1-25-17-9-16(10-18(11-17)26-2)20(24)22-6-3-15(4-7-22)19(23)21-12-14-5-8-27-13-14/h5,8-11,13,15H,3-4,6-7,12H2,1-2H3,(H,21,23). The van der Waals surface area contributed by atoms with Crippen LogP contribution in [0.15, 0.2) is 41.2 Å². The van der Waals surface area contributed by atoms with Crippen LogP contribution in [-0.4, -0.2) is 44.0 Å². The molecular formula is C20H24N2O5. The Hall–Kier alpha value is -2.96. The molecule has 0 aliphatic carbocycles. The Balaban J connectivity index is 1.55. The number of nitrogens with one attached hydrogen (secondary N) is 1. The van der Waals surface area contributed by atoms with Gasteiger partial charge < -0.3 is 24.1 Å². The van der Waals surface area contributed by atoms with Crippen molar-refractivity contribution in [3.8, 4) is 11.5 Å². The van der Waals surface area contributed by atoms with Crippen LogP contribution in [0.3, 0.4) is 0 Å². The number of piperidine rings is 1. The number of methoxy groups -OCH3 is 2. The summed E-state index contributed by atoms with van der Waals surface area (Å²) in [5.41, 5.74) is 1.46. The molecule has 1 aliphatic heterocycles. The number of nitrogens with zero attached hydrogens (tertiary/aromatic N) is 1. The Morgan fingerprint density at radius 3 is 2.37 bits per heavy atom. The molecule has 0 radical (unpaired) electrons. The molecule has 144 valence electrons. The van der Waals surface area contributed by atoms with Crippen molar-refractivity contribution in [2.24, 2.45) is 5.92 Å². The number of likely N-dealkylation sites (tertiary alicyclic amines) is 1. The number of amides is 2. The Morgan fingerprint density at radius 1 is 1.15 bits per heavy atom. The summed E-state index contributed by atoms with van der Waals surface area (Å²) in [5.74, 6) is 1.01. The van der Waals surface area contributed by atoms with Crippen LogP contribution in [0.2, 0.25) is 0 Å². The van der Waals surface area contributed by atoms with Crippen LogP contribution >= 0.6 is 0 Å². The second kappa shape index (κ2) is 8.62. The topological polar surface area (TPSA) is 81.0 Å². The largest absolute Gasteiger partial charge is 0.497 e. The minimum atomic E-state index is -0.0826. The highest BCUT2D eigenvalue weighted by Crippen LogP contribution is 2.25. The lowest BCUT2D eigenvalue weighted by molar-refractivity contribution is -0.126. The van der Waals surface area contributed by atoms with E-state index in [2.05, 4.69) is 5.32 Å². The van der Waals surface area contributed by atoms with E-state index < -0.39 is 0 Å². The molecule has 1 N–H and O–H groups in total. The highest BCUT2D eigenvalue weighted by atomic mass is 16.5. The molecule has 1 saturated heterocycles. The summed E-state index contributed by atoms with van der Waals surface area (Å²) in [6.07, 6.45) is 4.48. The van der Waals surface area contributed by atoms with E-state index in [1.807, 2.05) is 6.07 Å². The fraction of sp³-hybridized carbons (Fsp3) is 0.400. The van der Waals surface area contributed by atoms with Crippen LogP contribution in [0, 0.1) is 5.92 Å². The molecule has 0 atom stereocenters. The number of ether oxygens (including phenoxy) is 2. The molecule has 1 aliphatic rings. The van der Waals surface area contributed by atoms with Gasteiger partial charge >= 0.3 is 0 Å². The van der Waals surface area contributed by atoms with Crippen molar-refractivity contribution < 1.29 is 23.5 Å². The monoisotopic (exact) mass is 372 g/mol. The number of hydrogen-bond acceptors (Lipinski definition) is 5. The molecule has 1 aromatic carbocycles. The molecule has 0 spiro atoms. The van der Waals surface area contributed by atoms with Gasteiger partial charge in [0.15, 0.2) is 0 Å². The van der Waals surface area contributed by atoms with Crippen LogP contribution < -0.4 is 14.8 Å². The number of rotatable bonds is 6. The van der Waals surface area contributed by atoms with Crippen molar-refractivity contribution in [1.29, 1.82) is 0 Å². The fourth-order valence-corrected chi connectivity index (χ4v) is 3.19. The normalized spacial score (nSPS) is 14.7. The Kier molecular flexibility index (Phi) is 6.01. The zero-order valence-electron chi connectivity index (χ0n) is 15.6. The molecule has 7 nitrogen and oxygen atoms in total. The maximum absolute atomic E-state index is 12.8. The van der Waals surface area contributed by atoms with Crippen LogP contribution in [-0.2, 0) is 11.3 Å². The third-order valence-corrected chi connectivity index (χ3v) is 4.80. The lowest BCUT2D eigenvalue weighted by Crippen LogP contribution is -2.42. The molecule has 1 aromatic heterocycles. The third kappa shape index (κ3) is 4.61. The lowest BCUT2D eigenvalue weighted by Gasteiger charge is -2.31. The summed E-state index contributed by atoms with van der Waals surface area (Å²) in [7, 11) is 3.10. The summed E-state index contributed by atoms with van der Waals surface area (Å²) in [6.45, 7) is 1.54. The molecule has 2 amide bonds. The average Bonchev–Trinajstić information content (AvgIpc) is 3.24. The minimum Gasteiger partial charge on any atom is -0.497 e. The van der Waals surface area contributed by atoms with Crippen molar-refractivity contribution in [3.05, 3.63) is 47.9 Å². The van der Waals surface area contributed by atoms with Gasteiger partial charge in [0, 0.05) is 42.7 Å². The lowest BCUT2D eigenvalue weighted by atomic mass is 9.95. The van der Waals surface area contributed by atoms with Gasteiger partial charge in [0.1, 0.15) is 11.5 Å². The molecular weight excluding hydrogens is 348 g/mol. The van der Waals surface area contributed by atoms with E-state index in [-0.39, 0.29) is 17.7 Å². The smallest absolute Gasteiger partial charge is 0.254 e. The second-order valence-electron chi connectivity index (χ2n) is 6.52. The molecule has 2 aromatic rings. The van der Waals surface area contributed by atoms with Gasteiger partial charge in [0.05, 0.1) is 26.7 Å². The fourth-order valence-electron chi connectivity index (χ4n) is 3.19. The first-order valence-electron chi connectivity index (χ1n) is 8.92. The van der Waals surface area contributed by atoms with Gasteiger partial charge in [0.2, 0.25) is 5.91 Å². The molecule has 7 heteroatoms. The van der Waals surface area contributed by atoms with Gasteiger partial charge in [-0.1, -0.05) is 0 Å². The van der Waals surface area contributed by atoms with E-state index in [0.29, 0.717) is 49.5 Å². The highest BCUT2D eigenvalue weighted by Gasteiger charge is 2.28. The summed E-state index contributed by atoms with van der Waals surface area (Å²) >= 11 is 0. The average molecular weight is 372 g/mol. The summed E-state index contributed by atoms with van der Waals surface area (Å²) in [5, 5.41) is 2.93. The van der Waals surface area contributed by atoms with E-state index in [4.69, 9.17) is 13.9 Å². The van der Waals surface area contributed by atoms with Gasteiger partial charge in [-0.15, -0.1) is 0 Å². The van der Waals surface area contributed by atoms with Gasteiger partial charge in [-0.2, -0.15) is 0 Å². The molecule has 0 bridgehead atoms. The quantitative estimate of drug-likeness (QED) is 0.842. The molecule has 3 rings (SSSR count). The molecule has 0 saturated carbocycles.